The van der Waals surface area contributed by atoms with Gasteiger partial charge in [0.25, 0.3) is 0 Å². The molecule has 0 aliphatic carbocycles. The van der Waals surface area contributed by atoms with Crippen molar-refractivity contribution in [3.8, 4) is 0 Å². The first kappa shape index (κ1) is 22.0. The summed E-state index contributed by atoms with van der Waals surface area (Å²) in [6.45, 7) is 5.18. The van der Waals surface area contributed by atoms with Crippen molar-refractivity contribution in [2.75, 3.05) is 11.9 Å². The number of halogens is 2. The van der Waals surface area contributed by atoms with Crippen LogP contribution in [0.3, 0.4) is 0 Å². The predicted octanol–water partition coefficient (Wildman–Crippen LogP) is 5.77. The summed E-state index contributed by atoms with van der Waals surface area (Å²) in [5.41, 5.74) is 4.63. The van der Waals surface area contributed by atoms with Crippen LogP contribution in [-0.4, -0.2) is 18.6 Å². The molecule has 0 amide bonds. The van der Waals surface area contributed by atoms with E-state index in [1.54, 1.807) is 0 Å². The number of hydrogen-bond acceptors (Lipinski definition) is 2. The highest BCUT2D eigenvalue weighted by Crippen LogP contribution is 2.14. The minimum atomic E-state index is -0.200. The van der Waals surface area contributed by atoms with Gasteiger partial charge in [0, 0.05) is 17.8 Å². The van der Waals surface area contributed by atoms with Gasteiger partial charge in [0.05, 0.1) is 0 Å². The van der Waals surface area contributed by atoms with Gasteiger partial charge in [-0.05, 0) is 92.7 Å². The van der Waals surface area contributed by atoms with E-state index < -0.39 is 0 Å². The minimum Gasteiger partial charge on any atom is -0.382 e. The van der Waals surface area contributed by atoms with Crippen LogP contribution in [0.15, 0.2) is 72.8 Å². The zero-order valence-electron chi connectivity index (χ0n) is 17.7. The summed E-state index contributed by atoms with van der Waals surface area (Å²) < 4.78 is 26.0. The van der Waals surface area contributed by atoms with Crippen LogP contribution in [0.25, 0.3) is 0 Å². The number of anilines is 1. The Morgan fingerprint density at radius 2 is 1.10 bits per heavy atom. The maximum atomic E-state index is 13.0. The van der Waals surface area contributed by atoms with Gasteiger partial charge in [-0.3, -0.25) is 0 Å². The normalized spacial score (nSPS) is 13.1. The van der Waals surface area contributed by atoms with E-state index in [1.807, 2.05) is 24.3 Å². The quantitative estimate of drug-likeness (QED) is 0.445. The summed E-state index contributed by atoms with van der Waals surface area (Å²) in [6.07, 6.45) is 2.69. The molecule has 2 N–H and O–H groups in total. The lowest BCUT2D eigenvalue weighted by Gasteiger charge is -2.16. The third kappa shape index (κ3) is 7.27. The molecule has 2 unspecified atom stereocenters. The summed E-state index contributed by atoms with van der Waals surface area (Å²) in [5.74, 6) is -0.392. The molecule has 0 spiro atoms. The fourth-order valence-electron chi connectivity index (χ4n) is 3.59. The summed E-state index contributed by atoms with van der Waals surface area (Å²) >= 11 is 0. The second kappa shape index (κ2) is 10.9. The highest BCUT2D eigenvalue weighted by molar-refractivity contribution is 5.45. The van der Waals surface area contributed by atoms with Crippen LogP contribution in [0.5, 0.6) is 0 Å². The maximum Gasteiger partial charge on any atom is 0.123 e. The zero-order chi connectivity index (χ0) is 21.3. The Balaban J connectivity index is 1.39. The molecule has 2 atom stereocenters. The minimum absolute atomic E-state index is 0.192. The van der Waals surface area contributed by atoms with E-state index in [0.717, 1.165) is 42.6 Å². The molecule has 0 saturated heterocycles. The largest absolute Gasteiger partial charge is 0.382 e. The van der Waals surface area contributed by atoms with E-state index in [2.05, 4.69) is 48.7 Å². The topological polar surface area (TPSA) is 24.1 Å². The van der Waals surface area contributed by atoms with Crippen LogP contribution < -0.4 is 10.6 Å². The van der Waals surface area contributed by atoms with Crippen LogP contribution in [0.2, 0.25) is 0 Å². The number of rotatable bonds is 10. The van der Waals surface area contributed by atoms with Crippen LogP contribution >= 0.6 is 0 Å². The van der Waals surface area contributed by atoms with Crippen molar-refractivity contribution in [2.45, 2.75) is 45.2 Å². The van der Waals surface area contributed by atoms with Crippen molar-refractivity contribution >= 4 is 5.69 Å². The van der Waals surface area contributed by atoms with Crippen molar-refractivity contribution < 1.29 is 8.78 Å². The first-order chi connectivity index (χ1) is 14.5. The van der Waals surface area contributed by atoms with Crippen LogP contribution in [0.1, 0.15) is 30.5 Å². The summed E-state index contributed by atoms with van der Waals surface area (Å²) in [5, 5.41) is 7.04. The molecule has 0 heterocycles. The lowest BCUT2D eigenvalue weighted by atomic mass is 10.1. The highest BCUT2D eigenvalue weighted by atomic mass is 19.1. The SMILES string of the molecule is CC(Cc1ccc(F)cc1)NCCc1ccc(NC(C)Cc2ccc(F)cc2)cc1. The average molecular weight is 409 g/mol. The number of benzene rings is 3. The predicted molar refractivity (Wildman–Crippen MR) is 121 cm³/mol. The van der Waals surface area contributed by atoms with Crippen molar-refractivity contribution in [2.24, 2.45) is 0 Å². The zero-order valence-corrected chi connectivity index (χ0v) is 17.7. The molecule has 0 bridgehead atoms. The lowest BCUT2D eigenvalue weighted by molar-refractivity contribution is 0.547. The van der Waals surface area contributed by atoms with Gasteiger partial charge in [0.1, 0.15) is 11.6 Å². The van der Waals surface area contributed by atoms with Crippen molar-refractivity contribution in [3.05, 3.63) is 101 Å². The Kier molecular flexibility index (Phi) is 7.97. The van der Waals surface area contributed by atoms with Gasteiger partial charge >= 0.3 is 0 Å². The van der Waals surface area contributed by atoms with Gasteiger partial charge in [-0.25, -0.2) is 8.78 Å². The highest BCUT2D eigenvalue weighted by Gasteiger charge is 2.06. The Morgan fingerprint density at radius 3 is 1.63 bits per heavy atom. The van der Waals surface area contributed by atoms with E-state index >= 15 is 0 Å². The van der Waals surface area contributed by atoms with Crippen molar-refractivity contribution in [1.82, 2.24) is 5.32 Å². The van der Waals surface area contributed by atoms with Crippen LogP contribution in [0.4, 0.5) is 14.5 Å². The van der Waals surface area contributed by atoms with E-state index in [4.69, 9.17) is 0 Å². The Morgan fingerprint density at radius 1 is 0.633 bits per heavy atom. The molecular formula is C26H30F2N2. The summed E-state index contributed by atoms with van der Waals surface area (Å²) in [6, 6.07) is 22.5. The van der Waals surface area contributed by atoms with Gasteiger partial charge in [0.2, 0.25) is 0 Å². The van der Waals surface area contributed by atoms with Crippen molar-refractivity contribution in [3.63, 3.8) is 0 Å². The lowest BCUT2D eigenvalue weighted by Crippen LogP contribution is -2.30. The molecule has 30 heavy (non-hydrogen) atoms. The Bertz CT molecular complexity index is 890. The van der Waals surface area contributed by atoms with E-state index in [-0.39, 0.29) is 17.7 Å². The smallest absolute Gasteiger partial charge is 0.123 e. The van der Waals surface area contributed by atoms with Gasteiger partial charge in [0.15, 0.2) is 0 Å². The summed E-state index contributed by atoms with van der Waals surface area (Å²) in [7, 11) is 0. The molecule has 0 aliphatic rings. The van der Waals surface area contributed by atoms with Gasteiger partial charge in [-0.15, -0.1) is 0 Å². The van der Waals surface area contributed by atoms with E-state index in [1.165, 1.54) is 29.8 Å². The van der Waals surface area contributed by atoms with Crippen LogP contribution in [-0.2, 0) is 19.3 Å². The molecule has 0 radical (unpaired) electrons. The fraction of sp³-hybridized carbons (Fsp3) is 0.308. The number of hydrogen-bond donors (Lipinski definition) is 2. The molecule has 3 aromatic carbocycles. The molecule has 0 fully saturated rings. The molecule has 4 heteroatoms. The van der Waals surface area contributed by atoms with Crippen molar-refractivity contribution in [1.29, 1.82) is 0 Å². The average Bonchev–Trinajstić information content (AvgIpc) is 2.73. The molecule has 3 aromatic rings. The molecule has 3 rings (SSSR count). The third-order valence-corrected chi connectivity index (χ3v) is 5.18. The molecule has 2 nitrogen and oxygen atoms in total. The first-order valence-corrected chi connectivity index (χ1v) is 10.6. The van der Waals surface area contributed by atoms with Gasteiger partial charge in [-0.2, -0.15) is 0 Å². The molecule has 158 valence electrons. The van der Waals surface area contributed by atoms with Gasteiger partial charge < -0.3 is 10.6 Å². The molecule has 0 saturated carbocycles. The summed E-state index contributed by atoms with van der Waals surface area (Å²) in [4.78, 5) is 0. The molecular weight excluding hydrogens is 378 g/mol. The Hall–Kier alpha value is -2.72. The van der Waals surface area contributed by atoms with Gasteiger partial charge in [-0.1, -0.05) is 36.4 Å². The maximum absolute atomic E-state index is 13.0. The molecule has 0 aliphatic heterocycles. The number of nitrogens with one attached hydrogen (secondary N) is 2. The Labute approximate surface area is 178 Å². The van der Waals surface area contributed by atoms with E-state index in [0.29, 0.717) is 6.04 Å². The third-order valence-electron chi connectivity index (χ3n) is 5.18. The fourth-order valence-corrected chi connectivity index (χ4v) is 3.59. The monoisotopic (exact) mass is 408 g/mol. The van der Waals surface area contributed by atoms with E-state index in [9.17, 15) is 8.78 Å². The molecule has 0 aromatic heterocycles. The van der Waals surface area contributed by atoms with Crippen LogP contribution in [0, 0.1) is 11.6 Å². The first-order valence-electron chi connectivity index (χ1n) is 10.6. The second-order valence-corrected chi connectivity index (χ2v) is 8.01. The standard InChI is InChI=1S/C26H30F2N2/c1-19(17-22-3-9-24(27)10-4-22)29-16-15-21-7-13-26(14-8-21)30-20(2)18-23-5-11-25(28)12-6-23/h3-14,19-20,29-30H,15-18H2,1-2H3. The second-order valence-electron chi connectivity index (χ2n) is 8.01.